The van der Waals surface area contributed by atoms with Crippen molar-refractivity contribution in [3.63, 3.8) is 0 Å². The normalized spacial score (nSPS) is 11.3. The van der Waals surface area contributed by atoms with Gasteiger partial charge in [0.15, 0.2) is 0 Å². The molecule has 0 unspecified atom stereocenters. The molecule has 0 saturated carbocycles. The van der Waals surface area contributed by atoms with Crippen LogP contribution in [0.2, 0.25) is 0 Å². The third kappa shape index (κ3) is 3.87. The zero-order valence-corrected chi connectivity index (χ0v) is 12.0. The summed E-state index contributed by atoms with van der Waals surface area (Å²) in [5.74, 6) is -0.359. The Hall–Kier alpha value is -2.30. The van der Waals surface area contributed by atoms with Crippen LogP contribution in [0.1, 0.15) is 18.1 Å². The molecule has 0 aliphatic rings. The molecule has 0 bridgehead atoms. The van der Waals surface area contributed by atoms with E-state index in [-0.39, 0.29) is 12.4 Å². The van der Waals surface area contributed by atoms with Crippen LogP contribution < -0.4 is 0 Å². The van der Waals surface area contributed by atoms with Gasteiger partial charge in [0.25, 0.3) is 0 Å². The van der Waals surface area contributed by atoms with Crippen molar-refractivity contribution >= 4 is 5.97 Å². The lowest BCUT2D eigenvalue weighted by Crippen LogP contribution is -2.08. The Morgan fingerprint density at radius 2 is 1.68 bits per heavy atom. The van der Waals surface area contributed by atoms with Crippen LogP contribution in [0.4, 0.5) is 13.2 Å². The van der Waals surface area contributed by atoms with Crippen LogP contribution in [-0.4, -0.2) is 12.6 Å². The lowest BCUT2D eigenvalue weighted by atomic mass is 9.97. The molecule has 0 saturated heterocycles. The first kappa shape index (κ1) is 16.1. The van der Waals surface area contributed by atoms with E-state index in [1.807, 2.05) is 0 Å². The summed E-state index contributed by atoms with van der Waals surface area (Å²) in [7, 11) is 0. The van der Waals surface area contributed by atoms with E-state index >= 15 is 0 Å². The monoisotopic (exact) mass is 308 g/mol. The minimum Gasteiger partial charge on any atom is -0.466 e. The van der Waals surface area contributed by atoms with E-state index in [9.17, 15) is 18.0 Å². The molecule has 0 spiro atoms. The maximum atomic E-state index is 12.6. The van der Waals surface area contributed by atoms with Gasteiger partial charge in [-0.3, -0.25) is 4.79 Å². The van der Waals surface area contributed by atoms with Crippen molar-refractivity contribution in [3.8, 4) is 11.1 Å². The predicted molar refractivity (Wildman–Crippen MR) is 77.2 cm³/mol. The standard InChI is InChI=1S/C17H15F3O2/c1-2-22-16(21)11-13-5-3-4-6-15(13)12-7-9-14(10-8-12)17(18,19)20/h3-10H,2,11H2,1H3. The SMILES string of the molecule is CCOC(=O)Cc1ccccc1-c1ccc(C(F)(F)F)cc1. The van der Waals surface area contributed by atoms with E-state index in [1.54, 1.807) is 31.2 Å². The van der Waals surface area contributed by atoms with E-state index in [2.05, 4.69) is 0 Å². The van der Waals surface area contributed by atoms with E-state index < -0.39 is 11.7 Å². The largest absolute Gasteiger partial charge is 0.466 e. The number of rotatable bonds is 4. The molecule has 0 radical (unpaired) electrons. The summed E-state index contributed by atoms with van der Waals surface area (Å²) in [5, 5.41) is 0. The quantitative estimate of drug-likeness (QED) is 0.779. The smallest absolute Gasteiger partial charge is 0.416 e. The van der Waals surface area contributed by atoms with Crippen LogP contribution in [0, 0.1) is 0 Å². The van der Waals surface area contributed by atoms with Gasteiger partial charge in [-0.15, -0.1) is 0 Å². The summed E-state index contributed by atoms with van der Waals surface area (Å²) in [6.07, 6.45) is -4.27. The molecule has 0 fully saturated rings. The van der Waals surface area contributed by atoms with Crippen molar-refractivity contribution < 1.29 is 22.7 Å². The molecule has 0 amide bonds. The maximum absolute atomic E-state index is 12.6. The number of hydrogen-bond donors (Lipinski definition) is 0. The second-order valence-corrected chi connectivity index (χ2v) is 4.71. The third-order valence-electron chi connectivity index (χ3n) is 3.18. The van der Waals surface area contributed by atoms with Gasteiger partial charge in [0.1, 0.15) is 0 Å². The zero-order chi connectivity index (χ0) is 16.2. The number of ether oxygens (including phenoxy) is 1. The molecule has 2 aromatic rings. The third-order valence-corrected chi connectivity index (χ3v) is 3.18. The highest BCUT2D eigenvalue weighted by atomic mass is 19.4. The number of halogens is 3. The highest BCUT2D eigenvalue weighted by molar-refractivity contribution is 5.78. The Kier molecular flexibility index (Phi) is 4.85. The Balaban J connectivity index is 2.31. The first-order chi connectivity index (χ1) is 10.4. The molecule has 0 atom stereocenters. The summed E-state index contributed by atoms with van der Waals surface area (Å²) < 4.78 is 42.7. The lowest BCUT2D eigenvalue weighted by Gasteiger charge is -2.11. The van der Waals surface area contributed by atoms with Crippen LogP contribution in [0.25, 0.3) is 11.1 Å². The van der Waals surface area contributed by atoms with Gasteiger partial charge < -0.3 is 4.74 Å². The first-order valence-electron chi connectivity index (χ1n) is 6.83. The van der Waals surface area contributed by atoms with Gasteiger partial charge in [0.2, 0.25) is 0 Å². The summed E-state index contributed by atoms with van der Waals surface area (Å²) in [5.41, 5.74) is 1.39. The highest BCUT2D eigenvalue weighted by Gasteiger charge is 2.30. The van der Waals surface area contributed by atoms with Crippen molar-refractivity contribution in [2.45, 2.75) is 19.5 Å². The molecule has 0 aliphatic heterocycles. The molecule has 0 N–H and O–H groups in total. The minimum atomic E-state index is -4.36. The average molecular weight is 308 g/mol. The topological polar surface area (TPSA) is 26.3 Å². The van der Waals surface area contributed by atoms with Crippen molar-refractivity contribution in [1.29, 1.82) is 0 Å². The highest BCUT2D eigenvalue weighted by Crippen LogP contribution is 2.31. The summed E-state index contributed by atoms with van der Waals surface area (Å²) in [6, 6.07) is 12.0. The molecule has 2 nitrogen and oxygen atoms in total. The van der Waals surface area contributed by atoms with Gasteiger partial charge in [-0.25, -0.2) is 0 Å². The molecular formula is C17H15F3O2. The van der Waals surface area contributed by atoms with Gasteiger partial charge >= 0.3 is 12.1 Å². The van der Waals surface area contributed by atoms with E-state index in [1.165, 1.54) is 12.1 Å². The number of alkyl halides is 3. The van der Waals surface area contributed by atoms with Gasteiger partial charge in [0, 0.05) is 0 Å². The fraction of sp³-hybridized carbons (Fsp3) is 0.235. The van der Waals surface area contributed by atoms with Crippen LogP contribution in [-0.2, 0) is 22.1 Å². The van der Waals surface area contributed by atoms with E-state index in [0.29, 0.717) is 12.2 Å². The Bertz CT molecular complexity index is 646. The van der Waals surface area contributed by atoms with Crippen molar-refractivity contribution in [3.05, 3.63) is 59.7 Å². The molecular weight excluding hydrogens is 293 g/mol. The number of benzene rings is 2. The molecule has 0 aliphatic carbocycles. The van der Waals surface area contributed by atoms with Crippen LogP contribution in [0.5, 0.6) is 0 Å². The molecule has 0 aromatic heterocycles. The zero-order valence-electron chi connectivity index (χ0n) is 12.0. The average Bonchev–Trinajstić information content (AvgIpc) is 2.47. The molecule has 116 valence electrons. The number of carbonyl (C=O) groups excluding carboxylic acids is 1. The van der Waals surface area contributed by atoms with E-state index in [4.69, 9.17) is 4.74 Å². The van der Waals surface area contributed by atoms with Crippen molar-refractivity contribution in [2.24, 2.45) is 0 Å². The molecule has 5 heteroatoms. The van der Waals surface area contributed by atoms with E-state index in [0.717, 1.165) is 23.3 Å². The van der Waals surface area contributed by atoms with Crippen LogP contribution in [0.15, 0.2) is 48.5 Å². The summed E-state index contributed by atoms with van der Waals surface area (Å²) in [4.78, 5) is 11.6. The Morgan fingerprint density at radius 1 is 1.05 bits per heavy atom. The number of hydrogen-bond acceptors (Lipinski definition) is 2. The number of carbonyl (C=O) groups is 1. The number of esters is 1. The lowest BCUT2D eigenvalue weighted by molar-refractivity contribution is -0.142. The van der Waals surface area contributed by atoms with Gasteiger partial charge in [-0.2, -0.15) is 13.2 Å². The van der Waals surface area contributed by atoms with Crippen LogP contribution >= 0.6 is 0 Å². The molecule has 0 heterocycles. The maximum Gasteiger partial charge on any atom is 0.416 e. The Morgan fingerprint density at radius 3 is 2.27 bits per heavy atom. The van der Waals surface area contributed by atoms with Crippen LogP contribution in [0.3, 0.4) is 0 Å². The second kappa shape index (κ2) is 6.64. The first-order valence-corrected chi connectivity index (χ1v) is 6.83. The molecule has 22 heavy (non-hydrogen) atoms. The second-order valence-electron chi connectivity index (χ2n) is 4.71. The van der Waals surface area contributed by atoms with Crippen molar-refractivity contribution in [1.82, 2.24) is 0 Å². The fourth-order valence-electron chi connectivity index (χ4n) is 2.16. The fourth-order valence-corrected chi connectivity index (χ4v) is 2.16. The van der Waals surface area contributed by atoms with Gasteiger partial charge in [-0.05, 0) is 35.7 Å². The molecule has 2 aromatic carbocycles. The van der Waals surface area contributed by atoms with Gasteiger partial charge in [-0.1, -0.05) is 36.4 Å². The minimum absolute atomic E-state index is 0.0883. The summed E-state index contributed by atoms with van der Waals surface area (Å²) in [6.45, 7) is 2.01. The van der Waals surface area contributed by atoms with Gasteiger partial charge in [0.05, 0.1) is 18.6 Å². The molecule has 2 rings (SSSR count). The summed E-state index contributed by atoms with van der Waals surface area (Å²) >= 11 is 0. The predicted octanol–water partition coefficient (Wildman–Crippen LogP) is 4.48. The van der Waals surface area contributed by atoms with Crippen molar-refractivity contribution in [2.75, 3.05) is 6.61 Å². The Labute approximate surface area is 126 Å².